The van der Waals surface area contributed by atoms with Crippen molar-refractivity contribution in [1.29, 1.82) is 0 Å². The van der Waals surface area contributed by atoms with Crippen LogP contribution in [-0.2, 0) is 6.54 Å². The van der Waals surface area contributed by atoms with Gasteiger partial charge < -0.3 is 10.0 Å². The molecule has 0 fully saturated rings. The molecule has 0 bridgehead atoms. The van der Waals surface area contributed by atoms with E-state index in [4.69, 9.17) is 0 Å². The normalized spacial score (nSPS) is 11.1. The van der Waals surface area contributed by atoms with Crippen molar-refractivity contribution in [2.24, 2.45) is 0 Å². The maximum Gasteiger partial charge on any atom is 0.139 e. The molecule has 1 aromatic heterocycles. The second-order valence-electron chi connectivity index (χ2n) is 3.88. The second kappa shape index (κ2) is 3.87. The highest BCUT2D eigenvalue weighted by atomic mass is 16.3. The molecule has 2 aromatic rings. The van der Waals surface area contributed by atoms with Crippen molar-refractivity contribution >= 4 is 10.9 Å². The number of benzene rings is 1. The number of hydrogen-bond donors (Lipinski definition) is 1. The van der Waals surface area contributed by atoms with Crippen LogP contribution in [0.3, 0.4) is 0 Å². The number of aromatic hydroxyl groups is 1. The summed E-state index contributed by atoms with van der Waals surface area (Å²) in [4.78, 5) is 6.21. The minimum Gasteiger partial charge on any atom is -0.506 e. The Labute approximate surface area is 89.0 Å². The molecule has 2 rings (SSSR count). The molecule has 0 saturated heterocycles. The van der Waals surface area contributed by atoms with Crippen LogP contribution in [-0.4, -0.2) is 29.1 Å². The predicted molar refractivity (Wildman–Crippen MR) is 60.8 cm³/mol. The highest BCUT2D eigenvalue weighted by Gasteiger charge is 2.07. The fourth-order valence-corrected chi connectivity index (χ4v) is 1.67. The van der Waals surface area contributed by atoms with Crippen LogP contribution in [0.25, 0.3) is 10.9 Å². The van der Waals surface area contributed by atoms with Gasteiger partial charge in [0.25, 0.3) is 0 Å². The van der Waals surface area contributed by atoms with E-state index < -0.39 is 0 Å². The fourth-order valence-electron chi connectivity index (χ4n) is 1.67. The van der Waals surface area contributed by atoms with E-state index in [9.17, 15) is 5.11 Å². The lowest BCUT2D eigenvalue weighted by Gasteiger charge is -2.13. The topological polar surface area (TPSA) is 36.4 Å². The molecule has 1 N–H and O–H groups in total. The van der Waals surface area contributed by atoms with Crippen molar-refractivity contribution < 1.29 is 5.11 Å². The average molecular weight is 202 g/mol. The summed E-state index contributed by atoms with van der Waals surface area (Å²) in [6.45, 7) is 0.717. The summed E-state index contributed by atoms with van der Waals surface area (Å²) >= 11 is 0. The van der Waals surface area contributed by atoms with Gasteiger partial charge in [-0.2, -0.15) is 0 Å². The zero-order valence-corrected chi connectivity index (χ0v) is 8.94. The lowest BCUT2D eigenvalue weighted by Crippen LogP contribution is -2.11. The third-order valence-electron chi connectivity index (χ3n) is 2.34. The maximum absolute atomic E-state index is 9.77. The van der Waals surface area contributed by atoms with Gasteiger partial charge in [-0.05, 0) is 20.2 Å². The van der Waals surface area contributed by atoms with Crippen molar-refractivity contribution in [3.8, 4) is 5.75 Å². The Morgan fingerprint density at radius 2 is 2.00 bits per heavy atom. The van der Waals surface area contributed by atoms with Crippen molar-refractivity contribution in [1.82, 2.24) is 9.88 Å². The molecule has 0 aliphatic heterocycles. The third kappa shape index (κ3) is 1.92. The van der Waals surface area contributed by atoms with Crippen LogP contribution < -0.4 is 0 Å². The first kappa shape index (κ1) is 9.93. The third-order valence-corrected chi connectivity index (χ3v) is 2.34. The highest BCUT2D eigenvalue weighted by Crippen LogP contribution is 2.25. The summed E-state index contributed by atoms with van der Waals surface area (Å²) in [5, 5.41) is 10.8. The zero-order chi connectivity index (χ0) is 10.8. The zero-order valence-electron chi connectivity index (χ0n) is 8.94. The molecule has 15 heavy (non-hydrogen) atoms. The number of rotatable bonds is 2. The van der Waals surface area contributed by atoms with E-state index in [0.717, 1.165) is 23.0 Å². The van der Waals surface area contributed by atoms with Crippen LogP contribution in [0.4, 0.5) is 0 Å². The van der Waals surface area contributed by atoms with Gasteiger partial charge in [0.2, 0.25) is 0 Å². The smallest absolute Gasteiger partial charge is 0.139 e. The molecule has 3 heteroatoms. The number of para-hydroxylation sites is 1. The Morgan fingerprint density at radius 3 is 2.73 bits per heavy atom. The summed E-state index contributed by atoms with van der Waals surface area (Å²) in [7, 11) is 3.96. The molecule has 0 aliphatic carbocycles. The van der Waals surface area contributed by atoms with Gasteiger partial charge >= 0.3 is 0 Å². The van der Waals surface area contributed by atoms with Crippen LogP contribution in [0.5, 0.6) is 5.75 Å². The average Bonchev–Trinajstić information content (AvgIpc) is 2.22. The number of aromatic nitrogens is 1. The standard InChI is InChI=1S/C12H14N2O/c1-14(2)8-10-9-5-3-4-6-11(9)13-7-12(10)15/h3-7,15H,8H2,1-2H3. The highest BCUT2D eigenvalue weighted by molar-refractivity contribution is 5.83. The molecule has 0 radical (unpaired) electrons. The Bertz CT molecular complexity index is 480. The van der Waals surface area contributed by atoms with Gasteiger partial charge in [0.15, 0.2) is 0 Å². The molecular formula is C12H14N2O. The molecule has 0 atom stereocenters. The quantitative estimate of drug-likeness (QED) is 0.809. The van der Waals surface area contributed by atoms with E-state index in [2.05, 4.69) is 4.98 Å². The van der Waals surface area contributed by atoms with Gasteiger partial charge in [-0.25, -0.2) is 0 Å². The molecule has 3 nitrogen and oxygen atoms in total. The van der Waals surface area contributed by atoms with Crippen molar-refractivity contribution in [2.75, 3.05) is 14.1 Å². The van der Waals surface area contributed by atoms with E-state index in [1.807, 2.05) is 43.3 Å². The maximum atomic E-state index is 9.77. The molecule has 1 heterocycles. The fraction of sp³-hybridized carbons (Fsp3) is 0.250. The largest absolute Gasteiger partial charge is 0.506 e. The van der Waals surface area contributed by atoms with Gasteiger partial charge in [0.1, 0.15) is 5.75 Å². The molecule has 0 aliphatic rings. The van der Waals surface area contributed by atoms with Gasteiger partial charge in [0, 0.05) is 17.5 Å². The Balaban J connectivity index is 2.63. The van der Waals surface area contributed by atoms with Gasteiger partial charge in [-0.3, -0.25) is 4.98 Å². The minimum atomic E-state index is 0.266. The number of fused-ring (bicyclic) bond motifs is 1. The van der Waals surface area contributed by atoms with Crippen LogP contribution in [0.2, 0.25) is 0 Å². The molecular weight excluding hydrogens is 188 g/mol. The first-order valence-corrected chi connectivity index (χ1v) is 4.89. The lowest BCUT2D eigenvalue weighted by atomic mass is 10.1. The predicted octanol–water partition coefficient (Wildman–Crippen LogP) is 2.00. The summed E-state index contributed by atoms with van der Waals surface area (Å²) in [6.07, 6.45) is 1.52. The van der Waals surface area contributed by atoms with E-state index in [0.29, 0.717) is 0 Å². The van der Waals surface area contributed by atoms with Crippen LogP contribution >= 0.6 is 0 Å². The summed E-state index contributed by atoms with van der Waals surface area (Å²) < 4.78 is 0. The molecule has 0 amide bonds. The molecule has 78 valence electrons. The number of nitrogens with zero attached hydrogens (tertiary/aromatic N) is 2. The van der Waals surface area contributed by atoms with Crippen molar-refractivity contribution in [2.45, 2.75) is 6.54 Å². The minimum absolute atomic E-state index is 0.266. The van der Waals surface area contributed by atoms with Gasteiger partial charge in [-0.15, -0.1) is 0 Å². The monoisotopic (exact) mass is 202 g/mol. The van der Waals surface area contributed by atoms with Gasteiger partial charge in [0.05, 0.1) is 11.7 Å². The van der Waals surface area contributed by atoms with E-state index in [1.54, 1.807) is 0 Å². The summed E-state index contributed by atoms with van der Waals surface area (Å²) in [5.74, 6) is 0.266. The SMILES string of the molecule is CN(C)Cc1c(O)cnc2ccccc12. The first-order valence-electron chi connectivity index (χ1n) is 4.89. The van der Waals surface area contributed by atoms with E-state index >= 15 is 0 Å². The van der Waals surface area contributed by atoms with E-state index in [1.165, 1.54) is 6.20 Å². The summed E-state index contributed by atoms with van der Waals surface area (Å²) in [5.41, 5.74) is 1.86. The first-order chi connectivity index (χ1) is 7.18. The second-order valence-corrected chi connectivity index (χ2v) is 3.88. The van der Waals surface area contributed by atoms with Crippen LogP contribution in [0, 0.1) is 0 Å². The van der Waals surface area contributed by atoms with Crippen molar-refractivity contribution in [3.05, 3.63) is 36.0 Å². The number of pyridine rings is 1. The number of hydrogen-bond acceptors (Lipinski definition) is 3. The van der Waals surface area contributed by atoms with Gasteiger partial charge in [-0.1, -0.05) is 18.2 Å². The molecule has 0 spiro atoms. The Morgan fingerprint density at radius 1 is 1.27 bits per heavy atom. The van der Waals surface area contributed by atoms with Crippen LogP contribution in [0.15, 0.2) is 30.5 Å². The summed E-state index contributed by atoms with van der Waals surface area (Å²) in [6, 6.07) is 7.85. The Hall–Kier alpha value is -1.61. The van der Waals surface area contributed by atoms with E-state index in [-0.39, 0.29) is 5.75 Å². The lowest BCUT2D eigenvalue weighted by molar-refractivity contribution is 0.387. The van der Waals surface area contributed by atoms with Crippen molar-refractivity contribution in [3.63, 3.8) is 0 Å². The molecule has 0 unspecified atom stereocenters. The van der Waals surface area contributed by atoms with Crippen LogP contribution in [0.1, 0.15) is 5.56 Å². The molecule has 1 aromatic carbocycles. The molecule has 0 saturated carbocycles. The Kier molecular flexibility index (Phi) is 2.56.